The molecule has 0 saturated carbocycles. The Morgan fingerprint density at radius 1 is 1.29 bits per heavy atom. The number of hydrogen-bond acceptors (Lipinski definition) is 2. The molecule has 1 heterocycles. The molecule has 2 aromatic rings. The highest BCUT2D eigenvalue weighted by atomic mass is 19.1. The van der Waals surface area contributed by atoms with E-state index in [9.17, 15) is 4.39 Å². The second-order valence-electron chi connectivity index (χ2n) is 5.45. The molecule has 4 heteroatoms. The monoisotopic (exact) mass is 289 g/mol. The Hall–Kier alpha value is -1.68. The number of nitrogens with zero attached hydrogens (tertiary/aromatic N) is 2. The zero-order valence-electron chi connectivity index (χ0n) is 13.3. The maximum Gasteiger partial charge on any atom is 0.123 e. The lowest BCUT2D eigenvalue weighted by atomic mass is 9.94. The van der Waals surface area contributed by atoms with Crippen molar-refractivity contribution in [3.05, 3.63) is 52.6 Å². The van der Waals surface area contributed by atoms with Gasteiger partial charge in [-0.05, 0) is 49.6 Å². The van der Waals surface area contributed by atoms with Gasteiger partial charge in [-0.15, -0.1) is 0 Å². The Morgan fingerprint density at radius 2 is 2.05 bits per heavy atom. The third kappa shape index (κ3) is 3.50. The number of nitrogens with one attached hydrogen (secondary N) is 1. The van der Waals surface area contributed by atoms with Crippen molar-refractivity contribution in [3.63, 3.8) is 0 Å². The zero-order valence-corrected chi connectivity index (χ0v) is 13.3. The fraction of sp³-hybridized carbons (Fsp3) is 0.471. The Kier molecular flexibility index (Phi) is 5.12. The summed E-state index contributed by atoms with van der Waals surface area (Å²) in [6, 6.07) is 4.98. The average Bonchev–Trinajstić information content (AvgIpc) is 2.84. The Labute approximate surface area is 126 Å². The molecule has 0 bridgehead atoms. The molecule has 1 aromatic carbocycles. The van der Waals surface area contributed by atoms with Crippen LogP contribution in [0.4, 0.5) is 4.39 Å². The highest BCUT2D eigenvalue weighted by Crippen LogP contribution is 2.28. The van der Waals surface area contributed by atoms with Crippen LogP contribution in [0.15, 0.2) is 24.4 Å². The molecule has 3 nitrogen and oxygen atoms in total. The van der Waals surface area contributed by atoms with Gasteiger partial charge in [-0.3, -0.25) is 4.68 Å². The van der Waals surface area contributed by atoms with Crippen LogP contribution in [-0.4, -0.2) is 16.3 Å². The number of hydrogen-bond donors (Lipinski definition) is 1. The lowest BCUT2D eigenvalue weighted by Gasteiger charge is -2.21. The summed E-state index contributed by atoms with van der Waals surface area (Å²) < 4.78 is 15.5. The molecule has 0 radical (unpaired) electrons. The second-order valence-corrected chi connectivity index (χ2v) is 5.45. The van der Waals surface area contributed by atoms with E-state index >= 15 is 0 Å². The van der Waals surface area contributed by atoms with Crippen LogP contribution in [0, 0.1) is 12.7 Å². The summed E-state index contributed by atoms with van der Waals surface area (Å²) in [5.74, 6) is -0.194. The summed E-state index contributed by atoms with van der Waals surface area (Å²) >= 11 is 0. The third-order valence-corrected chi connectivity index (χ3v) is 3.73. The summed E-state index contributed by atoms with van der Waals surface area (Å²) in [4.78, 5) is 0. The minimum Gasteiger partial charge on any atom is -0.306 e. The van der Waals surface area contributed by atoms with Crippen molar-refractivity contribution in [1.29, 1.82) is 0 Å². The smallest absolute Gasteiger partial charge is 0.123 e. The Morgan fingerprint density at radius 3 is 2.71 bits per heavy atom. The van der Waals surface area contributed by atoms with Crippen molar-refractivity contribution in [2.24, 2.45) is 7.05 Å². The fourth-order valence-corrected chi connectivity index (χ4v) is 2.67. The predicted octanol–water partition coefficient (Wildman–Crippen LogP) is 3.52. The van der Waals surface area contributed by atoms with E-state index in [0.29, 0.717) is 0 Å². The van der Waals surface area contributed by atoms with Crippen molar-refractivity contribution in [2.45, 2.75) is 39.7 Å². The van der Waals surface area contributed by atoms with Gasteiger partial charge in [0.25, 0.3) is 0 Å². The molecule has 0 aliphatic carbocycles. The molecule has 1 atom stereocenters. The van der Waals surface area contributed by atoms with E-state index < -0.39 is 0 Å². The highest BCUT2D eigenvalue weighted by molar-refractivity contribution is 5.38. The van der Waals surface area contributed by atoms with Gasteiger partial charge in [0.05, 0.1) is 11.7 Å². The van der Waals surface area contributed by atoms with Crippen LogP contribution < -0.4 is 5.32 Å². The molecule has 1 N–H and O–H groups in total. The first-order chi connectivity index (χ1) is 10.1. The SMILES string of the molecule is CCCNC(c1cc(F)ccc1C)c1cn(C)nc1CC. The maximum absolute atomic E-state index is 13.7. The van der Waals surface area contributed by atoms with E-state index in [-0.39, 0.29) is 11.9 Å². The third-order valence-electron chi connectivity index (χ3n) is 3.73. The summed E-state index contributed by atoms with van der Waals surface area (Å²) in [5, 5.41) is 8.06. The van der Waals surface area contributed by atoms with Crippen LogP contribution in [0.5, 0.6) is 0 Å². The molecule has 0 spiro atoms. The van der Waals surface area contributed by atoms with Crippen molar-refractivity contribution in [2.75, 3.05) is 6.54 Å². The molecule has 0 aliphatic heterocycles. The molecule has 0 aliphatic rings. The number of halogens is 1. The molecule has 0 fully saturated rings. The fourth-order valence-electron chi connectivity index (χ4n) is 2.67. The first-order valence-corrected chi connectivity index (χ1v) is 7.58. The topological polar surface area (TPSA) is 29.9 Å². The summed E-state index contributed by atoms with van der Waals surface area (Å²) in [6.07, 6.45) is 3.94. The summed E-state index contributed by atoms with van der Waals surface area (Å²) in [5.41, 5.74) is 4.29. The van der Waals surface area contributed by atoms with Crippen molar-refractivity contribution in [3.8, 4) is 0 Å². The number of benzene rings is 1. The Balaban J connectivity index is 2.49. The molecular formula is C17H24FN3. The molecule has 0 saturated heterocycles. The van der Waals surface area contributed by atoms with Crippen LogP contribution in [0.1, 0.15) is 48.7 Å². The second kappa shape index (κ2) is 6.85. The van der Waals surface area contributed by atoms with Gasteiger partial charge in [0.1, 0.15) is 5.82 Å². The zero-order chi connectivity index (χ0) is 15.4. The first kappa shape index (κ1) is 15.7. The molecule has 0 amide bonds. The van der Waals surface area contributed by atoms with Crippen LogP contribution in [0.25, 0.3) is 0 Å². The van der Waals surface area contributed by atoms with Gasteiger partial charge in [0.15, 0.2) is 0 Å². The summed E-state index contributed by atoms with van der Waals surface area (Å²) in [7, 11) is 1.93. The first-order valence-electron chi connectivity index (χ1n) is 7.58. The number of aryl methyl sites for hydroxylation is 3. The van der Waals surface area contributed by atoms with E-state index in [1.165, 1.54) is 6.07 Å². The maximum atomic E-state index is 13.7. The standard InChI is InChI=1S/C17H24FN3/c1-5-9-19-17(14-10-13(18)8-7-12(14)3)15-11-21(4)20-16(15)6-2/h7-8,10-11,17,19H,5-6,9H2,1-4H3. The molecule has 114 valence electrons. The van der Waals surface area contributed by atoms with Crippen molar-refractivity contribution < 1.29 is 4.39 Å². The summed E-state index contributed by atoms with van der Waals surface area (Å²) in [6.45, 7) is 7.14. The van der Waals surface area contributed by atoms with Crippen molar-refractivity contribution >= 4 is 0 Å². The molecule has 1 aromatic heterocycles. The van der Waals surface area contributed by atoms with Gasteiger partial charge in [0.2, 0.25) is 0 Å². The van der Waals surface area contributed by atoms with E-state index in [4.69, 9.17) is 0 Å². The molecule has 2 rings (SSSR count). The van der Waals surface area contributed by atoms with Gasteiger partial charge < -0.3 is 5.32 Å². The van der Waals surface area contributed by atoms with E-state index in [2.05, 4.69) is 24.3 Å². The Bertz CT molecular complexity index is 604. The van der Waals surface area contributed by atoms with Gasteiger partial charge in [0, 0.05) is 18.8 Å². The van der Waals surface area contributed by atoms with Crippen LogP contribution in [0.2, 0.25) is 0 Å². The van der Waals surface area contributed by atoms with Gasteiger partial charge in [-0.2, -0.15) is 5.10 Å². The molecule has 1 unspecified atom stereocenters. The van der Waals surface area contributed by atoms with Crippen LogP contribution in [0.3, 0.4) is 0 Å². The van der Waals surface area contributed by atoms with Gasteiger partial charge in [-0.1, -0.05) is 19.9 Å². The minimum absolute atomic E-state index is 0.00991. The van der Waals surface area contributed by atoms with Crippen LogP contribution >= 0.6 is 0 Å². The number of rotatable bonds is 6. The normalized spacial score (nSPS) is 12.6. The van der Waals surface area contributed by atoms with Crippen LogP contribution in [-0.2, 0) is 13.5 Å². The largest absolute Gasteiger partial charge is 0.306 e. The number of aromatic nitrogens is 2. The van der Waals surface area contributed by atoms with Gasteiger partial charge in [-0.25, -0.2) is 4.39 Å². The van der Waals surface area contributed by atoms with E-state index in [1.807, 2.05) is 30.9 Å². The van der Waals surface area contributed by atoms with Gasteiger partial charge >= 0.3 is 0 Å². The van der Waals surface area contributed by atoms with Crippen molar-refractivity contribution in [1.82, 2.24) is 15.1 Å². The lowest BCUT2D eigenvalue weighted by Crippen LogP contribution is -2.24. The molecule has 21 heavy (non-hydrogen) atoms. The predicted molar refractivity (Wildman–Crippen MR) is 83.9 cm³/mol. The minimum atomic E-state index is -0.194. The van der Waals surface area contributed by atoms with E-state index in [1.54, 1.807) is 6.07 Å². The lowest BCUT2D eigenvalue weighted by molar-refractivity contribution is 0.580. The quantitative estimate of drug-likeness (QED) is 0.882. The average molecular weight is 289 g/mol. The highest BCUT2D eigenvalue weighted by Gasteiger charge is 2.21. The van der Waals surface area contributed by atoms with E-state index in [0.717, 1.165) is 41.8 Å². The molecular weight excluding hydrogens is 265 g/mol.